The Morgan fingerprint density at radius 3 is 2.21 bits per heavy atom. The van der Waals surface area contributed by atoms with Gasteiger partial charge in [0.2, 0.25) is 0 Å². The quantitative estimate of drug-likeness (QED) is 0.258. The molecular formula is C28H26F4O. The summed E-state index contributed by atoms with van der Waals surface area (Å²) in [7, 11) is 0. The number of alkyl halides is 3. The lowest BCUT2D eigenvalue weighted by atomic mass is 9.86. The number of unbranched alkanes of at least 4 members (excludes halogenated alkanes) is 2. The maximum absolute atomic E-state index is 14.9. The smallest absolute Gasteiger partial charge is 0.406 e. The molecule has 0 fully saturated rings. The third-order valence-electron chi connectivity index (χ3n) is 6.03. The second-order valence-electron chi connectivity index (χ2n) is 8.44. The van der Waals surface area contributed by atoms with E-state index in [4.69, 9.17) is 0 Å². The molecule has 0 radical (unpaired) electrons. The van der Waals surface area contributed by atoms with Crippen LogP contribution in [0, 0.1) is 5.82 Å². The summed E-state index contributed by atoms with van der Waals surface area (Å²) in [6.07, 6.45) is 3.50. The minimum Gasteiger partial charge on any atom is -0.406 e. The van der Waals surface area contributed by atoms with E-state index in [1.807, 2.05) is 0 Å². The Hall–Kier alpha value is -3.08. The van der Waals surface area contributed by atoms with Gasteiger partial charge in [0.1, 0.15) is 11.6 Å². The first-order valence-corrected chi connectivity index (χ1v) is 11.3. The monoisotopic (exact) mass is 454 g/mol. The molecule has 33 heavy (non-hydrogen) atoms. The highest BCUT2D eigenvalue weighted by Gasteiger charge is 2.31. The lowest BCUT2D eigenvalue weighted by Gasteiger charge is -2.19. The second kappa shape index (κ2) is 9.82. The minimum atomic E-state index is -4.75. The Labute approximate surface area is 191 Å². The molecule has 0 aliphatic heterocycles. The zero-order valence-corrected chi connectivity index (χ0v) is 18.5. The largest absolute Gasteiger partial charge is 0.573 e. The summed E-state index contributed by atoms with van der Waals surface area (Å²) in [6, 6.07) is 17.3. The molecular weight excluding hydrogens is 428 g/mol. The maximum Gasteiger partial charge on any atom is 0.573 e. The van der Waals surface area contributed by atoms with Gasteiger partial charge in [-0.3, -0.25) is 0 Å². The molecule has 0 N–H and O–H groups in total. The number of hydrogen-bond acceptors (Lipinski definition) is 1. The van der Waals surface area contributed by atoms with Crippen molar-refractivity contribution in [3.63, 3.8) is 0 Å². The van der Waals surface area contributed by atoms with Gasteiger partial charge in [0.05, 0.1) is 0 Å². The van der Waals surface area contributed by atoms with Crippen LogP contribution < -0.4 is 4.74 Å². The first-order valence-electron chi connectivity index (χ1n) is 11.3. The Kier molecular flexibility index (Phi) is 6.87. The Balaban J connectivity index is 1.49. The van der Waals surface area contributed by atoms with Gasteiger partial charge in [-0.25, -0.2) is 4.39 Å². The van der Waals surface area contributed by atoms with Gasteiger partial charge in [-0.1, -0.05) is 62.2 Å². The van der Waals surface area contributed by atoms with Gasteiger partial charge in [-0.05, 0) is 83.3 Å². The first kappa shape index (κ1) is 23.1. The number of ether oxygens (including phenoxy) is 1. The average Bonchev–Trinajstić information content (AvgIpc) is 2.78. The Morgan fingerprint density at radius 1 is 0.848 bits per heavy atom. The van der Waals surface area contributed by atoms with Gasteiger partial charge in [-0.15, -0.1) is 13.2 Å². The summed E-state index contributed by atoms with van der Waals surface area (Å²) >= 11 is 0. The van der Waals surface area contributed by atoms with Crippen LogP contribution in [0.25, 0.3) is 16.7 Å². The minimum absolute atomic E-state index is 0.325. The van der Waals surface area contributed by atoms with Crippen molar-refractivity contribution in [2.45, 2.75) is 51.8 Å². The van der Waals surface area contributed by atoms with Crippen LogP contribution in [0.3, 0.4) is 0 Å². The van der Waals surface area contributed by atoms with Crippen molar-refractivity contribution in [2.24, 2.45) is 0 Å². The van der Waals surface area contributed by atoms with E-state index >= 15 is 0 Å². The van der Waals surface area contributed by atoms with E-state index in [9.17, 15) is 17.6 Å². The normalized spacial score (nSPS) is 13.4. The molecule has 0 spiro atoms. The molecule has 1 aliphatic rings. The van der Waals surface area contributed by atoms with Crippen LogP contribution in [0.15, 0.2) is 66.7 Å². The standard InChI is InChI=1S/C28H26F4O/c1-2-3-4-5-19-6-8-20(9-7-19)22-10-11-23-17-26(27(29)18-24(23)16-22)21-12-14-25(15-13-21)33-28(30,31)32/h6-10,12-15,17-18H,2-5,11,16H2,1H3. The second-order valence-corrected chi connectivity index (χ2v) is 8.44. The maximum atomic E-state index is 14.9. The molecule has 1 nitrogen and oxygen atoms in total. The first-order chi connectivity index (χ1) is 15.8. The van der Waals surface area contributed by atoms with Crippen LogP contribution in [0.5, 0.6) is 5.75 Å². The van der Waals surface area contributed by atoms with Crippen LogP contribution in [0.1, 0.15) is 48.4 Å². The van der Waals surface area contributed by atoms with Crippen molar-refractivity contribution >= 4 is 5.57 Å². The third kappa shape index (κ3) is 5.84. The summed E-state index contributed by atoms with van der Waals surface area (Å²) in [5.74, 6) is -0.709. The highest BCUT2D eigenvalue weighted by atomic mass is 19.4. The SMILES string of the molecule is CCCCCc1ccc(C2=CCc3cc(-c4ccc(OC(F)(F)F)cc4)c(F)cc3C2)cc1. The highest BCUT2D eigenvalue weighted by molar-refractivity contribution is 5.73. The topological polar surface area (TPSA) is 9.23 Å². The summed E-state index contributed by atoms with van der Waals surface area (Å²) < 4.78 is 55.9. The number of allylic oxidation sites excluding steroid dienone is 2. The molecule has 0 bridgehead atoms. The molecule has 0 saturated carbocycles. The Morgan fingerprint density at radius 2 is 1.55 bits per heavy atom. The summed E-state index contributed by atoms with van der Waals surface area (Å²) in [6.45, 7) is 2.20. The molecule has 0 saturated heterocycles. The van der Waals surface area contributed by atoms with Gasteiger partial charge in [0.15, 0.2) is 0 Å². The molecule has 0 unspecified atom stereocenters. The van der Waals surface area contributed by atoms with Gasteiger partial charge in [0.25, 0.3) is 0 Å². The van der Waals surface area contributed by atoms with Crippen molar-refractivity contribution in [2.75, 3.05) is 0 Å². The zero-order valence-electron chi connectivity index (χ0n) is 18.5. The summed E-state index contributed by atoms with van der Waals surface area (Å²) in [5, 5.41) is 0. The highest BCUT2D eigenvalue weighted by Crippen LogP contribution is 2.34. The van der Waals surface area contributed by atoms with Crippen LogP contribution in [-0.4, -0.2) is 6.36 Å². The third-order valence-corrected chi connectivity index (χ3v) is 6.03. The van der Waals surface area contributed by atoms with Crippen LogP contribution >= 0.6 is 0 Å². The number of halogens is 4. The summed E-state index contributed by atoms with van der Waals surface area (Å²) in [4.78, 5) is 0. The fourth-order valence-corrected chi connectivity index (χ4v) is 4.27. The number of rotatable bonds is 7. The molecule has 0 heterocycles. The van der Waals surface area contributed by atoms with Gasteiger partial charge in [-0.2, -0.15) is 0 Å². The molecule has 0 atom stereocenters. The van der Waals surface area contributed by atoms with E-state index in [0.717, 1.165) is 23.1 Å². The number of aryl methyl sites for hydroxylation is 1. The van der Waals surface area contributed by atoms with Crippen molar-refractivity contribution in [3.05, 3.63) is 94.8 Å². The fraction of sp³-hybridized carbons (Fsp3) is 0.286. The zero-order chi connectivity index (χ0) is 23.4. The van der Waals surface area contributed by atoms with E-state index in [-0.39, 0.29) is 11.6 Å². The molecule has 5 heteroatoms. The van der Waals surface area contributed by atoms with Gasteiger partial charge >= 0.3 is 6.36 Å². The average molecular weight is 455 g/mol. The van der Waals surface area contributed by atoms with Gasteiger partial charge < -0.3 is 4.74 Å². The van der Waals surface area contributed by atoms with E-state index in [1.54, 1.807) is 12.1 Å². The number of benzene rings is 3. The predicted molar refractivity (Wildman–Crippen MR) is 124 cm³/mol. The molecule has 1 aliphatic carbocycles. The molecule has 3 aromatic carbocycles. The molecule has 0 aromatic heterocycles. The fourth-order valence-electron chi connectivity index (χ4n) is 4.27. The number of fused-ring (bicyclic) bond motifs is 1. The van der Waals surface area contributed by atoms with Crippen LogP contribution in [0.4, 0.5) is 17.6 Å². The Bertz CT molecular complexity index is 1130. The molecule has 3 aromatic rings. The van der Waals surface area contributed by atoms with Crippen LogP contribution in [0.2, 0.25) is 0 Å². The van der Waals surface area contributed by atoms with Crippen molar-refractivity contribution in [3.8, 4) is 16.9 Å². The lowest BCUT2D eigenvalue weighted by molar-refractivity contribution is -0.274. The summed E-state index contributed by atoms with van der Waals surface area (Å²) in [5.41, 5.74) is 6.54. The molecule has 0 amide bonds. The van der Waals surface area contributed by atoms with E-state index in [1.165, 1.54) is 54.7 Å². The van der Waals surface area contributed by atoms with Crippen molar-refractivity contribution in [1.29, 1.82) is 0 Å². The van der Waals surface area contributed by atoms with E-state index in [2.05, 4.69) is 42.0 Å². The van der Waals surface area contributed by atoms with E-state index in [0.29, 0.717) is 24.0 Å². The predicted octanol–water partition coefficient (Wildman–Crippen LogP) is 8.31. The number of hydrogen-bond donors (Lipinski definition) is 0. The van der Waals surface area contributed by atoms with E-state index < -0.39 is 6.36 Å². The molecule has 172 valence electrons. The van der Waals surface area contributed by atoms with Crippen molar-refractivity contribution in [1.82, 2.24) is 0 Å². The lowest BCUT2D eigenvalue weighted by Crippen LogP contribution is -2.16. The van der Waals surface area contributed by atoms with Crippen molar-refractivity contribution < 1.29 is 22.3 Å². The van der Waals surface area contributed by atoms with Gasteiger partial charge in [0, 0.05) is 5.56 Å². The molecule has 4 rings (SSSR count). The van der Waals surface area contributed by atoms with Crippen LogP contribution in [-0.2, 0) is 19.3 Å².